The summed E-state index contributed by atoms with van der Waals surface area (Å²) in [6, 6.07) is 1.16. The number of hydrogen-bond donors (Lipinski definition) is 2. The second kappa shape index (κ2) is 3.94. The molecule has 3 nitrogen and oxygen atoms in total. The molecule has 1 saturated carbocycles. The van der Waals surface area contributed by atoms with E-state index >= 15 is 0 Å². The Balaban J connectivity index is 1.51. The minimum atomic E-state index is -0.399. The van der Waals surface area contributed by atoms with Crippen LogP contribution in [-0.2, 0) is 4.74 Å². The normalized spacial score (nSPS) is 50.2. The maximum Gasteiger partial charge on any atom is 0.0707 e. The van der Waals surface area contributed by atoms with Gasteiger partial charge in [-0.1, -0.05) is 0 Å². The second-order valence-electron chi connectivity index (χ2n) is 7.22. The molecule has 3 heterocycles. The fourth-order valence-corrected chi connectivity index (χ4v) is 4.90. The summed E-state index contributed by atoms with van der Waals surface area (Å²) in [5, 5.41) is 14.8. The SMILES string of the molecule is OC1(C2CCOC3(CCC3)C2)CC2CCC(C1)N2. The summed E-state index contributed by atoms with van der Waals surface area (Å²) < 4.78 is 6.01. The van der Waals surface area contributed by atoms with Gasteiger partial charge in [-0.05, 0) is 63.7 Å². The summed E-state index contributed by atoms with van der Waals surface area (Å²) in [4.78, 5) is 0. The Morgan fingerprint density at radius 2 is 1.72 bits per heavy atom. The van der Waals surface area contributed by atoms with E-state index in [-0.39, 0.29) is 5.60 Å². The topological polar surface area (TPSA) is 41.5 Å². The van der Waals surface area contributed by atoms with Crippen molar-refractivity contribution in [1.29, 1.82) is 0 Å². The van der Waals surface area contributed by atoms with Crippen LogP contribution in [0, 0.1) is 5.92 Å². The predicted molar refractivity (Wildman–Crippen MR) is 69.4 cm³/mol. The first-order valence-electron chi connectivity index (χ1n) is 7.80. The van der Waals surface area contributed by atoms with Crippen LogP contribution in [0.2, 0.25) is 0 Å². The van der Waals surface area contributed by atoms with E-state index in [9.17, 15) is 5.11 Å². The van der Waals surface area contributed by atoms with Crippen molar-refractivity contribution >= 4 is 0 Å². The molecule has 3 saturated heterocycles. The molecular formula is C15H25NO2. The highest BCUT2D eigenvalue weighted by molar-refractivity contribution is 5.06. The van der Waals surface area contributed by atoms with E-state index in [4.69, 9.17) is 4.74 Å². The molecule has 18 heavy (non-hydrogen) atoms. The van der Waals surface area contributed by atoms with Crippen molar-refractivity contribution in [3.05, 3.63) is 0 Å². The molecule has 0 amide bonds. The maximum absolute atomic E-state index is 11.1. The summed E-state index contributed by atoms with van der Waals surface area (Å²) in [5.74, 6) is 0.483. The Bertz CT molecular complexity index is 327. The van der Waals surface area contributed by atoms with E-state index in [2.05, 4.69) is 5.32 Å². The largest absolute Gasteiger partial charge is 0.389 e. The van der Waals surface area contributed by atoms with Gasteiger partial charge in [-0.25, -0.2) is 0 Å². The van der Waals surface area contributed by atoms with Crippen molar-refractivity contribution in [1.82, 2.24) is 5.32 Å². The van der Waals surface area contributed by atoms with Gasteiger partial charge in [-0.15, -0.1) is 0 Å². The van der Waals surface area contributed by atoms with Crippen LogP contribution in [0.4, 0.5) is 0 Å². The minimum absolute atomic E-state index is 0.169. The van der Waals surface area contributed by atoms with Gasteiger partial charge in [0.1, 0.15) is 0 Å². The number of ether oxygens (including phenoxy) is 1. The summed E-state index contributed by atoms with van der Waals surface area (Å²) >= 11 is 0. The Labute approximate surface area is 109 Å². The highest BCUT2D eigenvalue weighted by Crippen LogP contribution is 2.50. The average Bonchev–Trinajstić information content (AvgIpc) is 2.68. The molecular weight excluding hydrogens is 226 g/mol. The molecule has 3 heteroatoms. The molecule has 3 atom stereocenters. The van der Waals surface area contributed by atoms with Crippen LogP contribution in [0.3, 0.4) is 0 Å². The van der Waals surface area contributed by atoms with E-state index in [0.29, 0.717) is 18.0 Å². The van der Waals surface area contributed by atoms with Crippen molar-refractivity contribution in [2.75, 3.05) is 6.61 Å². The van der Waals surface area contributed by atoms with Gasteiger partial charge in [0.15, 0.2) is 0 Å². The summed E-state index contributed by atoms with van der Waals surface area (Å²) in [5.41, 5.74) is -0.230. The molecule has 102 valence electrons. The lowest BCUT2D eigenvalue weighted by Gasteiger charge is -2.52. The van der Waals surface area contributed by atoms with Crippen molar-refractivity contribution in [2.45, 2.75) is 81.1 Å². The zero-order chi connectivity index (χ0) is 12.2. The van der Waals surface area contributed by atoms with Crippen LogP contribution in [0.5, 0.6) is 0 Å². The van der Waals surface area contributed by atoms with Crippen LogP contribution in [0.1, 0.15) is 57.8 Å². The molecule has 4 rings (SSSR count). The van der Waals surface area contributed by atoms with Gasteiger partial charge in [0.2, 0.25) is 0 Å². The first-order valence-corrected chi connectivity index (χ1v) is 7.80. The highest BCUT2D eigenvalue weighted by Gasteiger charge is 2.52. The molecule has 0 aromatic heterocycles. The molecule has 0 radical (unpaired) electrons. The lowest BCUT2D eigenvalue weighted by molar-refractivity contribution is -0.182. The predicted octanol–water partition coefficient (Wildman–Crippen LogP) is 1.98. The van der Waals surface area contributed by atoms with Crippen molar-refractivity contribution in [3.8, 4) is 0 Å². The molecule has 3 unspecified atom stereocenters. The van der Waals surface area contributed by atoms with Gasteiger partial charge in [0.05, 0.1) is 11.2 Å². The van der Waals surface area contributed by atoms with Gasteiger partial charge in [0, 0.05) is 18.7 Å². The van der Waals surface area contributed by atoms with Crippen molar-refractivity contribution in [2.24, 2.45) is 5.92 Å². The Kier molecular flexibility index (Phi) is 2.56. The molecule has 4 aliphatic rings. The van der Waals surface area contributed by atoms with Gasteiger partial charge in [0.25, 0.3) is 0 Å². The van der Waals surface area contributed by atoms with Crippen LogP contribution in [0.15, 0.2) is 0 Å². The molecule has 1 aliphatic carbocycles. The molecule has 4 fully saturated rings. The van der Waals surface area contributed by atoms with Crippen LogP contribution in [0.25, 0.3) is 0 Å². The fraction of sp³-hybridized carbons (Fsp3) is 1.00. The number of nitrogens with one attached hydrogen (secondary N) is 1. The third-order valence-electron chi connectivity index (χ3n) is 6.05. The van der Waals surface area contributed by atoms with Crippen LogP contribution >= 0.6 is 0 Å². The third kappa shape index (κ3) is 1.75. The number of rotatable bonds is 1. The van der Waals surface area contributed by atoms with Gasteiger partial charge >= 0.3 is 0 Å². The average molecular weight is 251 g/mol. The molecule has 2 bridgehead atoms. The Morgan fingerprint density at radius 1 is 1.00 bits per heavy atom. The van der Waals surface area contributed by atoms with Crippen LogP contribution in [-0.4, -0.2) is 35.0 Å². The summed E-state index contributed by atoms with van der Waals surface area (Å²) in [6.07, 6.45) is 10.4. The Morgan fingerprint density at radius 3 is 2.33 bits per heavy atom. The lowest BCUT2D eigenvalue weighted by atomic mass is 9.65. The van der Waals surface area contributed by atoms with E-state index in [1.165, 1.54) is 32.1 Å². The number of hydrogen-bond acceptors (Lipinski definition) is 3. The molecule has 2 N–H and O–H groups in total. The zero-order valence-corrected chi connectivity index (χ0v) is 11.2. The van der Waals surface area contributed by atoms with E-state index < -0.39 is 5.60 Å². The smallest absolute Gasteiger partial charge is 0.0707 e. The van der Waals surface area contributed by atoms with Gasteiger partial charge < -0.3 is 15.2 Å². The van der Waals surface area contributed by atoms with Gasteiger partial charge in [-0.3, -0.25) is 0 Å². The standard InChI is InChI=1S/C15H25NO2/c17-15(9-12-2-3-13(10-15)16-12)11-4-7-18-14(8-11)5-1-6-14/h11-13,16-17H,1-10H2. The molecule has 0 aromatic rings. The third-order valence-corrected chi connectivity index (χ3v) is 6.05. The van der Waals surface area contributed by atoms with Crippen molar-refractivity contribution in [3.63, 3.8) is 0 Å². The number of fused-ring (bicyclic) bond motifs is 2. The minimum Gasteiger partial charge on any atom is -0.389 e. The first-order chi connectivity index (χ1) is 8.68. The van der Waals surface area contributed by atoms with E-state index in [0.717, 1.165) is 32.3 Å². The Hall–Kier alpha value is -0.120. The van der Waals surface area contributed by atoms with Crippen LogP contribution < -0.4 is 5.32 Å². The summed E-state index contributed by atoms with van der Waals surface area (Å²) in [7, 11) is 0. The second-order valence-corrected chi connectivity index (χ2v) is 7.22. The molecule has 0 aromatic carbocycles. The van der Waals surface area contributed by atoms with E-state index in [1.807, 2.05) is 0 Å². The highest BCUT2D eigenvalue weighted by atomic mass is 16.5. The maximum atomic E-state index is 11.1. The van der Waals surface area contributed by atoms with Gasteiger partial charge in [-0.2, -0.15) is 0 Å². The van der Waals surface area contributed by atoms with E-state index in [1.54, 1.807) is 0 Å². The zero-order valence-electron chi connectivity index (χ0n) is 11.2. The van der Waals surface area contributed by atoms with Crippen molar-refractivity contribution < 1.29 is 9.84 Å². The summed E-state index contributed by atoms with van der Waals surface area (Å²) in [6.45, 7) is 0.871. The number of aliphatic hydroxyl groups is 1. The first kappa shape index (κ1) is 11.7. The quantitative estimate of drug-likeness (QED) is 0.749. The monoisotopic (exact) mass is 251 g/mol. The fourth-order valence-electron chi connectivity index (χ4n) is 4.90. The number of piperidine rings is 1. The molecule has 3 aliphatic heterocycles. The molecule has 1 spiro atoms. The lowest BCUT2D eigenvalue weighted by Crippen LogP contribution is -2.57.